The molecule has 1 atom stereocenters. The molecule has 126 valence electrons. The molecular formula is C17H24ClN3O2. The first-order valence-electron chi connectivity index (χ1n) is 7.70. The average molecular weight is 338 g/mol. The van der Waals surface area contributed by atoms with Crippen molar-refractivity contribution in [3.63, 3.8) is 0 Å². The van der Waals surface area contributed by atoms with E-state index in [-0.39, 0.29) is 6.04 Å². The molecular weight excluding hydrogens is 314 g/mol. The van der Waals surface area contributed by atoms with Crippen LogP contribution in [0.25, 0.3) is 10.9 Å². The van der Waals surface area contributed by atoms with E-state index in [1.54, 1.807) is 0 Å². The molecule has 0 saturated heterocycles. The quantitative estimate of drug-likeness (QED) is 0.777. The Balaban J connectivity index is 1.81. The monoisotopic (exact) mass is 337 g/mol. The first kappa shape index (κ1) is 17.6. The largest absolute Gasteiger partial charge is 0.444 e. The van der Waals surface area contributed by atoms with Gasteiger partial charge in [0.15, 0.2) is 0 Å². The van der Waals surface area contributed by atoms with E-state index in [4.69, 9.17) is 16.3 Å². The van der Waals surface area contributed by atoms with Crippen molar-refractivity contribution in [2.75, 3.05) is 6.54 Å². The summed E-state index contributed by atoms with van der Waals surface area (Å²) in [5, 5.41) is 8.02. The summed E-state index contributed by atoms with van der Waals surface area (Å²) in [4.78, 5) is 14.9. The molecule has 6 heteroatoms. The lowest BCUT2D eigenvalue weighted by Crippen LogP contribution is -2.42. The van der Waals surface area contributed by atoms with Gasteiger partial charge in [-0.15, -0.1) is 0 Å². The van der Waals surface area contributed by atoms with Crippen LogP contribution in [0, 0.1) is 0 Å². The number of ether oxygens (including phenoxy) is 1. The van der Waals surface area contributed by atoms with Crippen LogP contribution in [0.15, 0.2) is 24.4 Å². The number of hydrogen-bond acceptors (Lipinski definition) is 3. The highest BCUT2D eigenvalue weighted by Gasteiger charge is 2.17. The number of carbonyl (C=O) groups excluding carboxylic acids is 1. The Morgan fingerprint density at radius 1 is 1.39 bits per heavy atom. The lowest BCUT2D eigenvalue weighted by Gasteiger charge is -2.22. The van der Waals surface area contributed by atoms with Crippen LogP contribution in [0.3, 0.4) is 0 Å². The van der Waals surface area contributed by atoms with Crippen molar-refractivity contribution in [3.8, 4) is 0 Å². The maximum atomic E-state index is 11.7. The van der Waals surface area contributed by atoms with Crippen molar-refractivity contribution in [2.24, 2.45) is 0 Å². The SMILES string of the molecule is CC(CNCc1c[nH]c2cc(Cl)ccc12)NC(=O)OC(C)(C)C. The Labute approximate surface area is 141 Å². The van der Waals surface area contributed by atoms with E-state index in [0.29, 0.717) is 18.1 Å². The van der Waals surface area contributed by atoms with E-state index < -0.39 is 11.7 Å². The molecule has 3 N–H and O–H groups in total. The smallest absolute Gasteiger partial charge is 0.407 e. The number of rotatable bonds is 5. The van der Waals surface area contributed by atoms with Crippen LogP contribution in [-0.4, -0.2) is 29.3 Å². The summed E-state index contributed by atoms with van der Waals surface area (Å²) in [6, 6.07) is 5.78. The lowest BCUT2D eigenvalue weighted by atomic mass is 10.2. The number of fused-ring (bicyclic) bond motifs is 1. The van der Waals surface area contributed by atoms with Gasteiger partial charge in [0.2, 0.25) is 0 Å². The molecule has 23 heavy (non-hydrogen) atoms. The van der Waals surface area contributed by atoms with Gasteiger partial charge in [0, 0.05) is 41.3 Å². The number of aromatic amines is 1. The Bertz CT molecular complexity index is 676. The normalized spacial score (nSPS) is 13.1. The van der Waals surface area contributed by atoms with Gasteiger partial charge in [0.25, 0.3) is 0 Å². The van der Waals surface area contributed by atoms with Crippen molar-refractivity contribution >= 4 is 28.6 Å². The summed E-state index contributed by atoms with van der Waals surface area (Å²) in [5.74, 6) is 0. The van der Waals surface area contributed by atoms with Gasteiger partial charge in [0.1, 0.15) is 5.60 Å². The van der Waals surface area contributed by atoms with Crippen molar-refractivity contribution in [1.29, 1.82) is 0 Å². The van der Waals surface area contributed by atoms with Gasteiger partial charge in [-0.2, -0.15) is 0 Å². The molecule has 0 aliphatic heterocycles. The molecule has 1 heterocycles. The number of hydrogen-bond donors (Lipinski definition) is 3. The summed E-state index contributed by atoms with van der Waals surface area (Å²) >= 11 is 5.98. The number of H-pyrrole nitrogens is 1. The summed E-state index contributed by atoms with van der Waals surface area (Å²) in [6.45, 7) is 8.84. The first-order valence-corrected chi connectivity index (χ1v) is 8.08. The van der Waals surface area contributed by atoms with Gasteiger partial charge in [-0.1, -0.05) is 17.7 Å². The molecule has 2 rings (SSSR count). The Hall–Kier alpha value is -1.72. The molecule has 1 aromatic heterocycles. The van der Waals surface area contributed by atoms with Gasteiger partial charge in [-0.05, 0) is 45.4 Å². The van der Waals surface area contributed by atoms with Crippen LogP contribution < -0.4 is 10.6 Å². The minimum atomic E-state index is -0.484. The molecule has 1 unspecified atom stereocenters. The zero-order valence-electron chi connectivity index (χ0n) is 14.0. The fourth-order valence-corrected chi connectivity index (χ4v) is 2.46. The minimum Gasteiger partial charge on any atom is -0.444 e. The van der Waals surface area contributed by atoms with Crippen LogP contribution in [0.1, 0.15) is 33.3 Å². The molecule has 0 radical (unpaired) electrons. The standard InChI is InChI=1S/C17H24ClN3O2/c1-11(21-16(22)23-17(2,3)4)8-19-9-12-10-20-15-7-13(18)5-6-14(12)15/h5-7,10-11,19-20H,8-9H2,1-4H3,(H,21,22). The van der Waals surface area contributed by atoms with E-state index in [0.717, 1.165) is 10.9 Å². The van der Waals surface area contributed by atoms with Crippen molar-refractivity contribution in [3.05, 3.63) is 35.0 Å². The van der Waals surface area contributed by atoms with Crippen LogP contribution in [-0.2, 0) is 11.3 Å². The van der Waals surface area contributed by atoms with E-state index in [9.17, 15) is 4.79 Å². The van der Waals surface area contributed by atoms with Crippen LogP contribution in [0.2, 0.25) is 5.02 Å². The maximum absolute atomic E-state index is 11.7. The highest BCUT2D eigenvalue weighted by atomic mass is 35.5. The van der Waals surface area contributed by atoms with E-state index in [2.05, 4.69) is 15.6 Å². The number of benzene rings is 1. The zero-order valence-corrected chi connectivity index (χ0v) is 14.8. The summed E-state index contributed by atoms with van der Waals surface area (Å²) in [7, 11) is 0. The molecule has 1 amide bonds. The second-order valence-corrected chi connectivity index (χ2v) is 7.12. The molecule has 0 aliphatic carbocycles. The molecule has 2 aromatic rings. The number of halogens is 1. The van der Waals surface area contributed by atoms with Crippen molar-refractivity contribution in [2.45, 2.75) is 45.9 Å². The first-order chi connectivity index (χ1) is 10.7. The Morgan fingerprint density at radius 3 is 2.83 bits per heavy atom. The fraction of sp³-hybridized carbons (Fsp3) is 0.471. The molecule has 0 bridgehead atoms. The van der Waals surface area contributed by atoms with Crippen molar-refractivity contribution < 1.29 is 9.53 Å². The predicted molar refractivity (Wildman–Crippen MR) is 93.8 cm³/mol. The van der Waals surface area contributed by atoms with Crippen LogP contribution in [0.4, 0.5) is 4.79 Å². The van der Waals surface area contributed by atoms with Gasteiger partial charge in [-0.3, -0.25) is 0 Å². The Morgan fingerprint density at radius 2 is 2.13 bits per heavy atom. The third-order valence-corrected chi connectivity index (χ3v) is 3.49. The molecule has 0 spiro atoms. The predicted octanol–water partition coefficient (Wildman–Crippen LogP) is 3.82. The number of carbonyl (C=O) groups is 1. The minimum absolute atomic E-state index is 0.0236. The number of amides is 1. The van der Waals surface area contributed by atoms with Gasteiger partial charge >= 0.3 is 6.09 Å². The van der Waals surface area contributed by atoms with Crippen molar-refractivity contribution in [1.82, 2.24) is 15.6 Å². The topological polar surface area (TPSA) is 66.2 Å². The summed E-state index contributed by atoms with van der Waals surface area (Å²) < 4.78 is 5.23. The summed E-state index contributed by atoms with van der Waals surface area (Å²) in [6.07, 6.45) is 1.58. The molecule has 0 aliphatic rings. The summed E-state index contributed by atoms with van der Waals surface area (Å²) in [5.41, 5.74) is 1.71. The van der Waals surface area contributed by atoms with E-state index in [1.807, 2.05) is 52.1 Å². The third kappa shape index (κ3) is 5.44. The van der Waals surface area contributed by atoms with Gasteiger partial charge in [-0.25, -0.2) is 4.79 Å². The van der Waals surface area contributed by atoms with Gasteiger partial charge < -0.3 is 20.4 Å². The van der Waals surface area contributed by atoms with E-state index in [1.165, 1.54) is 5.56 Å². The second-order valence-electron chi connectivity index (χ2n) is 6.68. The van der Waals surface area contributed by atoms with Crippen LogP contribution in [0.5, 0.6) is 0 Å². The number of nitrogens with one attached hydrogen (secondary N) is 3. The highest BCUT2D eigenvalue weighted by molar-refractivity contribution is 6.31. The average Bonchev–Trinajstić information content (AvgIpc) is 2.78. The van der Waals surface area contributed by atoms with E-state index >= 15 is 0 Å². The lowest BCUT2D eigenvalue weighted by molar-refractivity contribution is 0.0508. The molecule has 5 nitrogen and oxygen atoms in total. The molecule has 1 aromatic carbocycles. The van der Waals surface area contributed by atoms with Crippen LogP contribution >= 0.6 is 11.6 Å². The second kappa shape index (κ2) is 7.23. The zero-order chi connectivity index (χ0) is 17.0. The molecule has 0 saturated carbocycles. The third-order valence-electron chi connectivity index (χ3n) is 3.26. The highest BCUT2D eigenvalue weighted by Crippen LogP contribution is 2.21. The molecule has 0 fully saturated rings. The Kier molecular flexibility index (Phi) is 5.55. The number of alkyl carbamates (subject to hydrolysis) is 1. The number of aromatic nitrogens is 1. The fourth-order valence-electron chi connectivity index (χ4n) is 2.29. The maximum Gasteiger partial charge on any atom is 0.407 e. The van der Waals surface area contributed by atoms with Gasteiger partial charge in [0.05, 0.1) is 0 Å².